The van der Waals surface area contributed by atoms with Gasteiger partial charge in [-0.25, -0.2) is 4.79 Å². The second kappa shape index (κ2) is 12.8. The summed E-state index contributed by atoms with van der Waals surface area (Å²) in [5.74, 6) is 4.18. The molecule has 0 aliphatic carbocycles. The number of ether oxygens (including phenoxy) is 1. The summed E-state index contributed by atoms with van der Waals surface area (Å²) in [4.78, 5) is 24.3. The second-order valence-corrected chi connectivity index (χ2v) is 9.74. The van der Waals surface area contributed by atoms with Crippen LogP contribution in [-0.2, 0) is 13.0 Å². The van der Waals surface area contributed by atoms with Crippen molar-refractivity contribution in [3.05, 3.63) is 43.8 Å². The number of anilines is 2. The Hall–Kier alpha value is -3.51. The topological polar surface area (TPSA) is 136 Å². The maximum Gasteiger partial charge on any atom is 0.350 e. The second-order valence-electron chi connectivity index (χ2n) is 8.59. The summed E-state index contributed by atoms with van der Waals surface area (Å²) in [5, 5.41) is 19.8. The van der Waals surface area contributed by atoms with E-state index in [1.807, 2.05) is 6.92 Å². The Kier molecular flexibility index (Phi) is 9.81. The van der Waals surface area contributed by atoms with Gasteiger partial charge >= 0.3 is 5.69 Å². The molecule has 0 spiro atoms. The van der Waals surface area contributed by atoms with Crippen molar-refractivity contribution >= 4 is 46.7 Å². The maximum atomic E-state index is 12.5. The van der Waals surface area contributed by atoms with Crippen LogP contribution < -0.4 is 21.1 Å². The Morgan fingerprint density at radius 1 is 1.16 bits per heavy atom. The Balaban J connectivity index is 0.000000223. The van der Waals surface area contributed by atoms with Crippen LogP contribution >= 0.6 is 34.8 Å². The third-order valence-corrected chi connectivity index (χ3v) is 5.93. The summed E-state index contributed by atoms with van der Waals surface area (Å²) >= 11 is 18.0. The molecular weight excluding hydrogens is 553 g/mol. The molecule has 1 aliphatic heterocycles. The predicted octanol–water partition coefficient (Wildman–Crippen LogP) is 4.36. The molecule has 38 heavy (non-hydrogen) atoms. The number of terminal acetylenes is 1. The minimum absolute atomic E-state index is 0.0788. The molecule has 0 bridgehead atoms. The average molecular weight is 579 g/mol. The number of nitrogens with one attached hydrogen (secondary N) is 2. The van der Waals surface area contributed by atoms with Crippen molar-refractivity contribution in [2.75, 3.05) is 23.8 Å². The first kappa shape index (κ1) is 29.1. The first-order valence-electron chi connectivity index (χ1n) is 11.7. The van der Waals surface area contributed by atoms with Gasteiger partial charge in [0, 0.05) is 25.6 Å². The molecule has 1 aliphatic rings. The summed E-state index contributed by atoms with van der Waals surface area (Å²) in [6.07, 6.45) is 7.97. The van der Waals surface area contributed by atoms with Crippen LogP contribution in [0.15, 0.2) is 16.9 Å². The number of aromatic nitrogens is 6. The number of halogens is 3. The zero-order valence-electron chi connectivity index (χ0n) is 21.1. The molecule has 3 aromatic rings. The number of benzene rings is 1. The molecule has 0 amide bonds. The largest absolute Gasteiger partial charge is 0.479 e. The van der Waals surface area contributed by atoms with Crippen LogP contribution in [0.25, 0.3) is 5.69 Å². The molecule has 0 unspecified atom stereocenters. The van der Waals surface area contributed by atoms with Gasteiger partial charge in [-0.3, -0.25) is 4.57 Å². The highest BCUT2D eigenvalue weighted by Crippen LogP contribution is 2.32. The van der Waals surface area contributed by atoms with E-state index in [2.05, 4.69) is 42.7 Å². The van der Waals surface area contributed by atoms with Gasteiger partial charge in [0.05, 0.1) is 21.8 Å². The molecular formula is C24H26Cl3N9O2. The normalized spacial score (nSPS) is 12.3. The molecule has 0 atom stereocenters. The maximum absolute atomic E-state index is 12.5. The Labute approximate surface area is 235 Å². The SMILES string of the molecule is C#CCOc1cc(-n2nc3n(c2=O)CCCC3)c(Cl)cc1Cl.CCNc1nc(Cl)nc(NC(C)(C)C#N)n1. The highest BCUT2D eigenvalue weighted by molar-refractivity contribution is 6.36. The van der Waals surface area contributed by atoms with E-state index >= 15 is 0 Å². The van der Waals surface area contributed by atoms with E-state index in [4.69, 9.17) is 51.2 Å². The minimum atomic E-state index is -0.756. The van der Waals surface area contributed by atoms with Crippen molar-refractivity contribution in [1.29, 1.82) is 5.26 Å². The van der Waals surface area contributed by atoms with Gasteiger partial charge in [0.1, 0.15) is 23.7 Å². The van der Waals surface area contributed by atoms with Gasteiger partial charge < -0.3 is 15.4 Å². The molecule has 0 saturated heterocycles. The highest BCUT2D eigenvalue weighted by Gasteiger charge is 2.20. The fraction of sp³-hybridized carbons (Fsp3) is 0.417. The summed E-state index contributed by atoms with van der Waals surface area (Å²) in [6, 6.07) is 5.19. The Morgan fingerprint density at radius 3 is 2.55 bits per heavy atom. The summed E-state index contributed by atoms with van der Waals surface area (Å²) in [5.41, 5.74) is -0.527. The molecule has 14 heteroatoms. The molecule has 1 aromatic carbocycles. The standard InChI is InChI=1S/C15H13Cl2N3O2.C9H13ClN6/c1-2-7-22-13-9-12(10(16)8-11(13)17)20-15(21)19-6-4-3-5-14(19)18-20;1-4-12-7-13-6(10)14-8(15-7)16-9(2,3)5-11/h1,8-9H,3-7H2;4H2,1-3H3,(H2,12,13,14,15,16). The van der Waals surface area contributed by atoms with Gasteiger partial charge in [0.2, 0.25) is 17.2 Å². The molecule has 4 rings (SSSR count). The van der Waals surface area contributed by atoms with Crippen LogP contribution in [-0.4, -0.2) is 48.0 Å². The summed E-state index contributed by atoms with van der Waals surface area (Å²) in [6.45, 7) is 6.80. The van der Waals surface area contributed by atoms with Crippen molar-refractivity contribution in [2.24, 2.45) is 0 Å². The van der Waals surface area contributed by atoms with Gasteiger partial charge in [-0.05, 0) is 51.3 Å². The zero-order valence-corrected chi connectivity index (χ0v) is 23.3. The van der Waals surface area contributed by atoms with E-state index in [0.717, 1.165) is 25.1 Å². The molecule has 0 fully saturated rings. The lowest BCUT2D eigenvalue weighted by molar-refractivity contribution is 0.370. The molecule has 0 saturated carbocycles. The van der Waals surface area contributed by atoms with Gasteiger partial charge in [0.25, 0.3) is 0 Å². The Bertz CT molecular complexity index is 1440. The lowest BCUT2D eigenvalue weighted by Gasteiger charge is -2.17. The van der Waals surface area contributed by atoms with Crippen LogP contribution in [0.4, 0.5) is 11.9 Å². The number of hydrogen-bond donors (Lipinski definition) is 2. The third kappa shape index (κ3) is 7.29. The predicted molar refractivity (Wildman–Crippen MR) is 147 cm³/mol. The zero-order chi connectivity index (χ0) is 27.9. The summed E-state index contributed by atoms with van der Waals surface area (Å²) < 4.78 is 8.34. The van der Waals surface area contributed by atoms with Crippen LogP contribution in [0.1, 0.15) is 39.4 Å². The van der Waals surface area contributed by atoms with Crippen LogP contribution in [0.3, 0.4) is 0 Å². The summed E-state index contributed by atoms with van der Waals surface area (Å²) in [7, 11) is 0. The monoisotopic (exact) mass is 577 g/mol. The number of aryl methyl sites for hydroxylation is 1. The van der Waals surface area contributed by atoms with E-state index in [-0.39, 0.29) is 23.5 Å². The molecule has 11 nitrogen and oxygen atoms in total. The van der Waals surface area contributed by atoms with Crippen LogP contribution in [0, 0.1) is 23.7 Å². The number of nitriles is 1. The van der Waals surface area contributed by atoms with Crippen LogP contribution in [0.2, 0.25) is 15.3 Å². The van der Waals surface area contributed by atoms with Gasteiger partial charge in [-0.2, -0.15) is 24.9 Å². The Morgan fingerprint density at radius 2 is 1.89 bits per heavy atom. The van der Waals surface area contributed by atoms with E-state index in [9.17, 15) is 4.79 Å². The lowest BCUT2D eigenvalue weighted by atomic mass is 10.1. The first-order chi connectivity index (χ1) is 18.1. The van der Waals surface area contributed by atoms with Gasteiger partial charge in [-0.15, -0.1) is 11.5 Å². The smallest absolute Gasteiger partial charge is 0.350 e. The van der Waals surface area contributed by atoms with E-state index < -0.39 is 5.54 Å². The average Bonchev–Trinajstić information content (AvgIpc) is 3.20. The van der Waals surface area contributed by atoms with E-state index in [1.54, 1.807) is 24.5 Å². The number of fused-ring (bicyclic) bond motifs is 1. The van der Waals surface area contributed by atoms with Crippen molar-refractivity contribution in [2.45, 2.75) is 52.1 Å². The fourth-order valence-electron chi connectivity index (χ4n) is 3.42. The highest BCUT2D eigenvalue weighted by atomic mass is 35.5. The van der Waals surface area contributed by atoms with E-state index in [1.165, 1.54) is 10.7 Å². The quantitative estimate of drug-likeness (QED) is 0.392. The van der Waals surface area contributed by atoms with Gasteiger partial charge in [-0.1, -0.05) is 29.1 Å². The van der Waals surface area contributed by atoms with Crippen molar-refractivity contribution in [3.8, 4) is 29.8 Å². The lowest BCUT2D eigenvalue weighted by Crippen LogP contribution is -2.29. The third-order valence-electron chi connectivity index (χ3n) is 5.16. The van der Waals surface area contributed by atoms with Gasteiger partial charge in [0.15, 0.2) is 0 Å². The number of hydrogen-bond acceptors (Lipinski definition) is 9. The van der Waals surface area contributed by atoms with Crippen molar-refractivity contribution in [1.82, 2.24) is 29.3 Å². The first-order valence-corrected chi connectivity index (χ1v) is 12.8. The molecule has 2 N–H and O–H groups in total. The van der Waals surface area contributed by atoms with E-state index in [0.29, 0.717) is 40.5 Å². The number of rotatable bonds is 7. The molecule has 3 heterocycles. The van der Waals surface area contributed by atoms with Crippen molar-refractivity contribution in [3.63, 3.8) is 0 Å². The fourth-order valence-corrected chi connectivity index (χ4v) is 4.10. The van der Waals surface area contributed by atoms with Crippen LogP contribution in [0.5, 0.6) is 5.75 Å². The molecule has 200 valence electrons. The van der Waals surface area contributed by atoms with Crippen molar-refractivity contribution < 1.29 is 4.74 Å². The molecule has 2 aromatic heterocycles. The minimum Gasteiger partial charge on any atom is -0.479 e. The number of nitrogens with zero attached hydrogens (tertiary/aromatic N) is 7. The molecule has 0 radical (unpaired) electrons.